The number of carbonyl (C=O) groups excluding carboxylic acids is 1. The van der Waals surface area contributed by atoms with Crippen LogP contribution in [0.1, 0.15) is 21.6 Å². The van der Waals surface area contributed by atoms with Crippen LogP contribution in [0.25, 0.3) is 5.65 Å². The molecule has 0 bridgehead atoms. The molecule has 0 unspecified atom stereocenters. The van der Waals surface area contributed by atoms with E-state index in [-0.39, 0.29) is 12.4 Å². The Morgan fingerprint density at radius 3 is 2.63 bits per heavy atom. The van der Waals surface area contributed by atoms with Crippen LogP contribution in [0.3, 0.4) is 0 Å². The molecule has 94 valence electrons. The predicted molar refractivity (Wildman–Crippen MR) is 71.0 cm³/mol. The number of aliphatic hydroxyl groups excluding tert-OH is 1. The van der Waals surface area contributed by atoms with Crippen LogP contribution in [0.5, 0.6) is 0 Å². The van der Waals surface area contributed by atoms with Crippen LogP contribution in [0, 0.1) is 0 Å². The summed E-state index contributed by atoms with van der Waals surface area (Å²) in [6, 6.07) is 12.6. The summed E-state index contributed by atoms with van der Waals surface area (Å²) in [5.41, 5.74) is 2.50. The van der Waals surface area contributed by atoms with Gasteiger partial charge in [-0.1, -0.05) is 36.4 Å². The number of pyridine rings is 1. The quantitative estimate of drug-likeness (QED) is 0.726. The number of nitrogens with zero attached hydrogens (tertiary/aromatic N) is 2. The van der Waals surface area contributed by atoms with Crippen molar-refractivity contribution in [2.24, 2.45) is 0 Å². The maximum absolute atomic E-state index is 12.2. The third-order valence-corrected chi connectivity index (χ3v) is 2.96. The molecule has 4 nitrogen and oxygen atoms in total. The average Bonchev–Trinajstić information content (AvgIpc) is 2.90. The molecule has 0 aliphatic rings. The first-order chi connectivity index (χ1) is 9.28. The first kappa shape index (κ1) is 11.6. The molecule has 0 saturated carbocycles. The fourth-order valence-corrected chi connectivity index (χ4v) is 1.98. The Hall–Kier alpha value is -2.46. The highest BCUT2D eigenvalue weighted by Gasteiger charge is 2.12. The SMILES string of the molecule is O=C(c1ccccc1)c1cn2cc(CO)ccc2n1. The molecule has 1 aromatic carbocycles. The van der Waals surface area contributed by atoms with Gasteiger partial charge in [0.05, 0.1) is 6.61 Å². The molecule has 0 spiro atoms. The lowest BCUT2D eigenvalue weighted by Gasteiger charge is -1.96. The average molecular weight is 252 g/mol. The Labute approximate surface area is 110 Å². The van der Waals surface area contributed by atoms with Gasteiger partial charge in [0.2, 0.25) is 5.78 Å². The van der Waals surface area contributed by atoms with E-state index in [0.29, 0.717) is 16.9 Å². The summed E-state index contributed by atoms with van der Waals surface area (Å²) < 4.78 is 1.75. The number of hydrogen-bond acceptors (Lipinski definition) is 3. The largest absolute Gasteiger partial charge is 0.392 e. The van der Waals surface area contributed by atoms with Crippen molar-refractivity contribution in [3.8, 4) is 0 Å². The fraction of sp³-hybridized carbons (Fsp3) is 0.0667. The zero-order chi connectivity index (χ0) is 13.2. The Morgan fingerprint density at radius 1 is 1.11 bits per heavy atom. The van der Waals surface area contributed by atoms with Crippen LogP contribution in [0.4, 0.5) is 0 Å². The number of carbonyl (C=O) groups is 1. The van der Waals surface area contributed by atoms with E-state index in [2.05, 4.69) is 4.98 Å². The van der Waals surface area contributed by atoms with Crippen molar-refractivity contribution in [2.75, 3.05) is 0 Å². The highest BCUT2D eigenvalue weighted by atomic mass is 16.3. The normalized spacial score (nSPS) is 10.8. The van der Waals surface area contributed by atoms with Crippen molar-refractivity contribution < 1.29 is 9.90 Å². The summed E-state index contributed by atoms with van der Waals surface area (Å²) >= 11 is 0. The van der Waals surface area contributed by atoms with E-state index in [9.17, 15) is 4.79 Å². The minimum Gasteiger partial charge on any atom is -0.392 e. The Morgan fingerprint density at radius 2 is 1.89 bits per heavy atom. The minimum atomic E-state index is -0.102. The summed E-state index contributed by atoms with van der Waals surface area (Å²) in [6.07, 6.45) is 3.45. The zero-order valence-corrected chi connectivity index (χ0v) is 10.2. The van der Waals surface area contributed by atoms with Gasteiger partial charge >= 0.3 is 0 Å². The van der Waals surface area contributed by atoms with Gasteiger partial charge in [0, 0.05) is 18.0 Å². The molecule has 0 saturated heterocycles. The van der Waals surface area contributed by atoms with Gasteiger partial charge in [-0.05, 0) is 11.6 Å². The highest BCUT2D eigenvalue weighted by molar-refractivity contribution is 6.07. The van der Waals surface area contributed by atoms with E-state index in [4.69, 9.17) is 5.11 Å². The summed E-state index contributed by atoms with van der Waals surface area (Å²) in [5, 5.41) is 9.09. The lowest BCUT2D eigenvalue weighted by atomic mass is 10.1. The topological polar surface area (TPSA) is 54.6 Å². The van der Waals surface area contributed by atoms with Crippen molar-refractivity contribution in [1.29, 1.82) is 0 Å². The number of imidazole rings is 1. The molecule has 1 N–H and O–H groups in total. The van der Waals surface area contributed by atoms with Gasteiger partial charge in [-0.25, -0.2) is 4.98 Å². The Balaban J connectivity index is 2.04. The second kappa shape index (κ2) is 4.66. The maximum Gasteiger partial charge on any atom is 0.212 e. The van der Waals surface area contributed by atoms with Crippen molar-refractivity contribution >= 4 is 11.4 Å². The van der Waals surface area contributed by atoms with Crippen molar-refractivity contribution in [3.63, 3.8) is 0 Å². The molecule has 2 heterocycles. The van der Waals surface area contributed by atoms with E-state index < -0.39 is 0 Å². The summed E-state index contributed by atoms with van der Waals surface area (Å²) in [7, 11) is 0. The van der Waals surface area contributed by atoms with Crippen LogP contribution in [-0.4, -0.2) is 20.3 Å². The van der Waals surface area contributed by atoms with Gasteiger partial charge in [0.1, 0.15) is 11.3 Å². The molecule has 3 aromatic rings. The van der Waals surface area contributed by atoms with Crippen LogP contribution < -0.4 is 0 Å². The lowest BCUT2D eigenvalue weighted by Crippen LogP contribution is -2.00. The number of fused-ring (bicyclic) bond motifs is 1. The summed E-state index contributed by atoms with van der Waals surface area (Å²) in [6.45, 7) is -0.0317. The molecule has 0 amide bonds. The third-order valence-electron chi connectivity index (χ3n) is 2.96. The first-order valence-electron chi connectivity index (χ1n) is 5.96. The number of rotatable bonds is 3. The number of aromatic nitrogens is 2. The Bertz CT molecular complexity index is 732. The monoisotopic (exact) mass is 252 g/mol. The summed E-state index contributed by atoms with van der Waals surface area (Å²) in [5.74, 6) is -0.102. The number of aliphatic hydroxyl groups is 1. The molecule has 0 aliphatic carbocycles. The molecule has 0 radical (unpaired) electrons. The van der Waals surface area contributed by atoms with E-state index in [1.807, 2.05) is 18.2 Å². The van der Waals surface area contributed by atoms with Crippen LogP contribution in [0.15, 0.2) is 54.9 Å². The molecule has 3 rings (SSSR count). The summed E-state index contributed by atoms with van der Waals surface area (Å²) in [4.78, 5) is 16.5. The molecule has 0 atom stereocenters. The van der Waals surface area contributed by atoms with E-state index in [0.717, 1.165) is 5.56 Å². The van der Waals surface area contributed by atoms with Crippen molar-refractivity contribution in [2.45, 2.75) is 6.61 Å². The minimum absolute atomic E-state index is 0.0317. The molecule has 2 aromatic heterocycles. The van der Waals surface area contributed by atoms with Gasteiger partial charge in [-0.3, -0.25) is 4.79 Å². The third kappa shape index (κ3) is 2.13. The van der Waals surface area contributed by atoms with E-state index in [1.54, 1.807) is 41.1 Å². The zero-order valence-electron chi connectivity index (χ0n) is 10.2. The molecule has 19 heavy (non-hydrogen) atoms. The lowest BCUT2D eigenvalue weighted by molar-refractivity contribution is 0.103. The van der Waals surface area contributed by atoms with Crippen molar-refractivity contribution in [1.82, 2.24) is 9.38 Å². The molecule has 0 aliphatic heterocycles. The molecule has 4 heteroatoms. The predicted octanol–water partition coefficient (Wildman–Crippen LogP) is 2.06. The fourth-order valence-electron chi connectivity index (χ4n) is 1.98. The highest BCUT2D eigenvalue weighted by Crippen LogP contribution is 2.12. The molecule has 0 fully saturated rings. The second-order valence-corrected chi connectivity index (χ2v) is 4.28. The maximum atomic E-state index is 12.2. The van der Waals surface area contributed by atoms with Gasteiger partial charge in [0.25, 0.3) is 0 Å². The van der Waals surface area contributed by atoms with Crippen LogP contribution in [0.2, 0.25) is 0 Å². The van der Waals surface area contributed by atoms with Crippen molar-refractivity contribution in [3.05, 3.63) is 71.7 Å². The smallest absolute Gasteiger partial charge is 0.212 e. The number of ketones is 1. The van der Waals surface area contributed by atoms with E-state index in [1.165, 1.54) is 0 Å². The second-order valence-electron chi connectivity index (χ2n) is 4.28. The van der Waals surface area contributed by atoms with Crippen LogP contribution >= 0.6 is 0 Å². The van der Waals surface area contributed by atoms with Gasteiger partial charge in [0.15, 0.2) is 0 Å². The van der Waals surface area contributed by atoms with Gasteiger partial charge in [-0.15, -0.1) is 0 Å². The molecular formula is C15H12N2O2. The van der Waals surface area contributed by atoms with E-state index >= 15 is 0 Å². The number of hydrogen-bond donors (Lipinski definition) is 1. The standard InChI is InChI=1S/C15H12N2O2/c18-10-11-6-7-14-16-13(9-17(14)8-11)15(19)12-4-2-1-3-5-12/h1-9,18H,10H2. The van der Waals surface area contributed by atoms with Gasteiger partial charge in [-0.2, -0.15) is 0 Å². The van der Waals surface area contributed by atoms with Gasteiger partial charge < -0.3 is 9.51 Å². The Kier molecular flexibility index (Phi) is 2.85. The first-order valence-corrected chi connectivity index (χ1v) is 5.96. The number of benzene rings is 1. The van der Waals surface area contributed by atoms with Crippen LogP contribution in [-0.2, 0) is 6.61 Å². The molecular weight excluding hydrogens is 240 g/mol.